The SMILES string of the molecule is Cc1ccc(C(CN)C(O)c2cc(Br)ccc2Cl)cc1. The lowest BCUT2D eigenvalue weighted by Crippen LogP contribution is -2.20. The zero-order valence-electron chi connectivity index (χ0n) is 11.2. The van der Waals surface area contributed by atoms with Gasteiger partial charge in [0.2, 0.25) is 0 Å². The second kappa shape index (κ2) is 6.72. The van der Waals surface area contributed by atoms with Crippen LogP contribution < -0.4 is 5.73 Å². The third-order valence-corrected chi connectivity index (χ3v) is 4.25. The Hall–Kier alpha value is -0.870. The highest BCUT2D eigenvalue weighted by Crippen LogP contribution is 2.35. The molecular weight excluding hydrogens is 338 g/mol. The number of aliphatic hydroxyl groups excluding tert-OH is 1. The summed E-state index contributed by atoms with van der Waals surface area (Å²) in [5.74, 6) is -0.178. The number of halogens is 2. The fourth-order valence-electron chi connectivity index (χ4n) is 2.22. The van der Waals surface area contributed by atoms with Crippen LogP contribution in [0.3, 0.4) is 0 Å². The highest BCUT2D eigenvalue weighted by Gasteiger charge is 2.23. The van der Waals surface area contributed by atoms with Gasteiger partial charge in [-0.05, 0) is 30.7 Å². The first-order valence-electron chi connectivity index (χ1n) is 6.42. The summed E-state index contributed by atoms with van der Waals surface area (Å²) >= 11 is 9.58. The Morgan fingerprint density at radius 1 is 1.20 bits per heavy atom. The van der Waals surface area contributed by atoms with Crippen LogP contribution in [0.1, 0.15) is 28.7 Å². The molecule has 2 aromatic rings. The lowest BCUT2D eigenvalue weighted by Gasteiger charge is -2.23. The van der Waals surface area contributed by atoms with Gasteiger partial charge in [0.25, 0.3) is 0 Å². The number of hydrogen-bond acceptors (Lipinski definition) is 2. The van der Waals surface area contributed by atoms with E-state index in [9.17, 15) is 5.11 Å². The van der Waals surface area contributed by atoms with Crippen LogP contribution in [0.4, 0.5) is 0 Å². The molecule has 2 rings (SSSR count). The van der Waals surface area contributed by atoms with Crippen molar-refractivity contribution < 1.29 is 5.11 Å². The molecule has 0 amide bonds. The topological polar surface area (TPSA) is 46.2 Å². The Morgan fingerprint density at radius 3 is 2.45 bits per heavy atom. The third kappa shape index (κ3) is 3.41. The van der Waals surface area contributed by atoms with E-state index in [-0.39, 0.29) is 5.92 Å². The van der Waals surface area contributed by atoms with Gasteiger partial charge in [-0.15, -0.1) is 0 Å². The Labute approximate surface area is 132 Å². The molecule has 0 bridgehead atoms. The fourth-order valence-corrected chi connectivity index (χ4v) is 2.83. The maximum Gasteiger partial charge on any atom is 0.0885 e. The number of rotatable bonds is 4. The van der Waals surface area contributed by atoms with E-state index in [1.807, 2.05) is 43.3 Å². The van der Waals surface area contributed by atoms with Crippen LogP contribution in [-0.4, -0.2) is 11.7 Å². The van der Waals surface area contributed by atoms with Crippen LogP contribution in [0.25, 0.3) is 0 Å². The number of aryl methyl sites for hydroxylation is 1. The van der Waals surface area contributed by atoms with Crippen LogP contribution in [0.5, 0.6) is 0 Å². The van der Waals surface area contributed by atoms with Crippen molar-refractivity contribution in [3.05, 3.63) is 68.7 Å². The van der Waals surface area contributed by atoms with Gasteiger partial charge in [-0.1, -0.05) is 57.4 Å². The molecule has 0 radical (unpaired) electrons. The second-order valence-corrected chi connectivity index (χ2v) is 6.19. The minimum absolute atomic E-state index is 0.178. The summed E-state index contributed by atoms with van der Waals surface area (Å²) in [6.45, 7) is 2.38. The van der Waals surface area contributed by atoms with Crippen LogP contribution >= 0.6 is 27.5 Å². The molecule has 0 spiro atoms. The van der Waals surface area contributed by atoms with Crippen LogP contribution in [0.15, 0.2) is 46.9 Å². The van der Waals surface area contributed by atoms with E-state index >= 15 is 0 Å². The first-order chi connectivity index (χ1) is 9.52. The summed E-state index contributed by atoms with van der Waals surface area (Å²) in [5.41, 5.74) is 8.74. The summed E-state index contributed by atoms with van der Waals surface area (Å²) in [4.78, 5) is 0. The molecule has 0 aliphatic heterocycles. The predicted molar refractivity (Wildman–Crippen MR) is 87.1 cm³/mol. The molecule has 0 saturated heterocycles. The van der Waals surface area contributed by atoms with E-state index in [2.05, 4.69) is 15.9 Å². The number of nitrogens with two attached hydrogens (primary N) is 1. The summed E-state index contributed by atoms with van der Waals surface area (Å²) in [6, 6.07) is 13.5. The van der Waals surface area contributed by atoms with Crippen LogP contribution in [0, 0.1) is 6.92 Å². The molecule has 0 aliphatic carbocycles. The molecule has 3 N–H and O–H groups in total. The first-order valence-corrected chi connectivity index (χ1v) is 7.59. The van der Waals surface area contributed by atoms with Crippen molar-refractivity contribution in [2.24, 2.45) is 5.73 Å². The average molecular weight is 355 g/mol. The third-order valence-electron chi connectivity index (χ3n) is 3.42. The molecular formula is C16H17BrClNO. The van der Waals surface area contributed by atoms with Gasteiger partial charge in [0.15, 0.2) is 0 Å². The van der Waals surface area contributed by atoms with Gasteiger partial charge in [0, 0.05) is 27.5 Å². The van der Waals surface area contributed by atoms with Gasteiger partial charge >= 0.3 is 0 Å². The molecule has 0 aromatic heterocycles. The smallest absolute Gasteiger partial charge is 0.0885 e. The molecule has 2 nitrogen and oxygen atoms in total. The molecule has 2 aromatic carbocycles. The predicted octanol–water partition coefficient (Wildman–Crippen LogP) is 4.19. The van der Waals surface area contributed by atoms with Gasteiger partial charge in [-0.25, -0.2) is 0 Å². The van der Waals surface area contributed by atoms with Crippen molar-refractivity contribution in [3.8, 4) is 0 Å². The lowest BCUT2D eigenvalue weighted by molar-refractivity contribution is 0.147. The quantitative estimate of drug-likeness (QED) is 0.865. The van der Waals surface area contributed by atoms with Crippen LogP contribution in [-0.2, 0) is 0 Å². The zero-order valence-corrected chi connectivity index (χ0v) is 13.5. The molecule has 2 unspecified atom stereocenters. The summed E-state index contributed by atoms with van der Waals surface area (Å²) < 4.78 is 0.885. The van der Waals surface area contributed by atoms with Gasteiger partial charge in [0.1, 0.15) is 0 Å². The van der Waals surface area contributed by atoms with Crippen molar-refractivity contribution in [1.82, 2.24) is 0 Å². The normalized spacial score (nSPS) is 14.1. The summed E-state index contributed by atoms with van der Waals surface area (Å²) in [5, 5.41) is 11.2. The van der Waals surface area contributed by atoms with Crippen molar-refractivity contribution >= 4 is 27.5 Å². The highest BCUT2D eigenvalue weighted by molar-refractivity contribution is 9.10. The second-order valence-electron chi connectivity index (χ2n) is 4.86. The van der Waals surface area contributed by atoms with Crippen LogP contribution in [0.2, 0.25) is 5.02 Å². The molecule has 0 fully saturated rings. The Kier molecular flexibility index (Phi) is 5.22. The van der Waals surface area contributed by atoms with Gasteiger partial charge in [-0.3, -0.25) is 0 Å². The monoisotopic (exact) mass is 353 g/mol. The van der Waals surface area contributed by atoms with Gasteiger partial charge < -0.3 is 10.8 Å². The summed E-state index contributed by atoms with van der Waals surface area (Å²) in [6.07, 6.45) is -0.729. The van der Waals surface area contributed by atoms with Crippen molar-refractivity contribution in [2.75, 3.05) is 6.54 Å². The maximum absolute atomic E-state index is 10.6. The fraction of sp³-hybridized carbons (Fsp3) is 0.250. The Balaban J connectivity index is 2.35. The number of benzene rings is 2. The minimum atomic E-state index is -0.729. The Morgan fingerprint density at radius 2 is 1.85 bits per heavy atom. The standard InChI is InChI=1S/C16H17BrClNO/c1-10-2-4-11(5-3-10)14(9-19)16(20)13-8-12(17)6-7-15(13)18/h2-8,14,16,20H,9,19H2,1H3. The largest absolute Gasteiger partial charge is 0.388 e. The van der Waals surface area contributed by atoms with E-state index < -0.39 is 6.10 Å². The molecule has 0 saturated carbocycles. The summed E-state index contributed by atoms with van der Waals surface area (Å²) in [7, 11) is 0. The average Bonchev–Trinajstić information content (AvgIpc) is 2.44. The van der Waals surface area contributed by atoms with Gasteiger partial charge in [0.05, 0.1) is 6.10 Å². The van der Waals surface area contributed by atoms with E-state index in [1.54, 1.807) is 6.07 Å². The van der Waals surface area contributed by atoms with Gasteiger partial charge in [-0.2, -0.15) is 0 Å². The first kappa shape index (κ1) is 15.5. The maximum atomic E-state index is 10.6. The van der Waals surface area contributed by atoms with E-state index in [4.69, 9.17) is 17.3 Å². The minimum Gasteiger partial charge on any atom is -0.388 e. The highest BCUT2D eigenvalue weighted by atomic mass is 79.9. The molecule has 20 heavy (non-hydrogen) atoms. The number of hydrogen-bond donors (Lipinski definition) is 2. The molecule has 0 heterocycles. The van der Waals surface area contributed by atoms with E-state index in [0.717, 1.165) is 10.0 Å². The number of aliphatic hydroxyl groups is 1. The lowest BCUT2D eigenvalue weighted by atomic mass is 9.89. The van der Waals surface area contributed by atoms with Crippen molar-refractivity contribution in [2.45, 2.75) is 18.9 Å². The molecule has 0 aliphatic rings. The molecule has 4 heteroatoms. The van der Waals surface area contributed by atoms with Crippen molar-refractivity contribution in [1.29, 1.82) is 0 Å². The Bertz CT molecular complexity index is 586. The molecule has 2 atom stereocenters. The van der Waals surface area contributed by atoms with E-state index in [1.165, 1.54) is 5.56 Å². The van der Waals surface area contributed by atoms with E-state index in [0.29, 0.717) is 17.1 Å². The van der Waals surface area contributed by atoms with Crippen molar-refractivity contribution in [3.63, 3.8) is 0 Å². The zero-order chi connectivity index (χ0) is 14.7. The molecule has 106 valence electrons.